The van der Waals surface area contributed by atoms with E-state index in [-0.39, 0.29) is 4.90 Å². The fourth-order valence-corrected chi connectivity index (χ4v) is 4.30. The number of benzene rings is 2. The molecule has 6 nitrogen and oxygen atoms in total. The van der Waals surface area contributed by atoms with E-state index in [0.717, 1.165) is 5.56 Å². The molecule has 7 heteroatoms. The van der Waals surface area contributed by atoms with E-state index in [0.29, 0.717) is 9.87 Å². The van der Waals surface area contributed by atoms with Crippen molar-refractivity contribution in [1.29, 1.82) is 0 Å². The number of carbonyl (C=O) groups excluding carboxylic acids is 2. The number of hydrogen-bond acceptors (Lipinski definition) is 4. The van der Waals surface area contributed by atoms with E-state index >= 15 is 0 Å². The molecule has 2 aromatic rings. The van der Waals surface area contributed by atoms with Gasteiger partial charge in [-0.3, -0.25) is 10.1 Å². The van der Waals surface area contributed by atoms with Crippen LogP contribution in [0.25, 0.3) is 0 Å². The Hall–Kier alpha value is -2.67. The fraction of sp³-hybridized carbons (Fsp3) is 0.176. The molecule has 0 aliphatic carbocycles. The molecular formula is C17H15N2O4S. The summed E-state index contributed by atoms with van der Waals surface area (Å²) in [6.07, 6.45) is 0. The topological polar surface area (TPSA) is 83.6 Å². The van der Waals surface area contributed by atoms with Gasteiger partial charge in [-0.2, -0.15) is 4.31 Å². The smallest absolute Gasteiger partial charge is 0.275 e. The van der Waals surface area contributed by atoms with E-state index in [1.54, 1.807) is 30.3 Å². The van der Waals surface area contributed by atoms with E-state index < -0.39 is 27.5 Å². The van der Waals surface area contributed by atoms with Crippen molar-refractivity contribution in [2.45, 2.75) is 24.3 Å². The quantitative estimate of drug-likeness (QED) is 0.864. The van der Waals surface area contributed by atoms with Crippen LogP contribution in [0.3, 0.4) is 0 Å². The molecule has 3 rings (SSSR count). The van der Waals surface area contributed by atoms with E-state index in [1.807, 2.05) is 6.92 Å². The predicted octanol–water partition coefficient (Wildman–Crippen LogP) is 1.95. The number of aryl methyl sites for hydroxylation is 1. The maximum Gasteiger partial charge on any atom is 0.339 e. The second kappa shape index (κ2) is 5.45. The second-order valence-corrected chi connectivity index (χ2v) is 7.49. The summed E-state index contributed by atoms with van der Waals surface area (Å²) in [4.78, 5) is 24.6. The Morgan fingerprint density at radius 1 is 1.12 bits per heavy atom. The largest absolute Gasteiger partial charge is 0.339 e. The molecule has 0 spiro atoms. The van der Waals surface area contributed by atoms with Gasteiger partial charge in [0.15, 0.2) is 5.54 Å². The van der Waals surface area contributed by atoms with Crippen molar-refractivity contribution in [2.75, 3.05) is 0 Å². The van der Waals surface area contributed by atoms with Crippen molar-refractivity contribution in [3.05, 3.63) is 65.7 Å². The second-order valence-electron chi connectivity index (χ2n) is 5.71. The number of sulfonamides is 1. The van der Waals surface area contributed by atoms with Crippen molar-refractivity contribution in [3.63, 3.8) is 0 Å². The number of nitrogens with one attached hydrogen (secondary N) is 1. The highest BCUT2D eigenvalue weighted by molar-refractivity contribution is 7.89. The molecule has 2 aromatic carbocycles. The minimum Gasteiger partial charge on any atom is -0.275 e. The van der Waals surface area contributed by atoms with Gasteiger partial charge in [-0.1, -0.05) is 35.9 Å². The lowest BCUT2D eigenvalue weighted by Crippen LogP contribution is -2.47. The molecule has 1 saturated heterocycles. The fourth-order valence-electron chi connectivity index (χ4n) is 2.67. The van der Waals surface area contributed by atoms with Gasteiger partial charge in [0.25, 0.3) is 15.9 Å². The van der Waals surface area contributed by atoms with Gasteiger partial charge in [-0.05, 0) is 43.7 Å². The van der Waals surface area contributed by atoms with Gasteiger partial charge in [0.2, 0.25) is 0 Å². The number of imide groups is 1. The highest BCUT2D eigenvalue weighted by Gasteiger charge is 2.56. The molecule has 123 valence electrons. The Kier molecular flexibility index (Phi) is 3.68. The van der Waals surface area contributed by atoms with Crippen LogP contribution in [0.4, 0.5) is 4.79 Å². The standard InChI is InChI=1S/C17H15N2O4S/c1-12-8-10-14(11-9-12)24(22,23)19-16(21)18-15(20)17(19,2)13-6-4-3-5-7-13/h3-4,6-11H,1-2H3,(H,18,20,21). The SMILES string of the molecule is Cc1ccc(S(=O)(=O)N2C(=O)NC(=O)C2(C)c2c[c]ccc2)cc1. The molecule has 1 radical (unpaired) electrons. The van der Waals surface area contributed by atoms with Gasteiger partial charge in [0.1, 0.15) is 0 Å². The third-order valence-corrected chi connectivity index (χ3v) is 5.96. The van der Waals surface area contributed by atoms with Crippen LogP contribution in [0.2, 0.25) is 0 Å². The first kappa shape index (κ1) is 16.2. The first-order valence-corrected chi connectivity index (χ1v) is 8.66. The summed E-state index contributed by atoms with van der Waals surface area (Å²) in [5.74, 6) is -0.692. The zero-order valence-electron chi connectivity index (χ0n) is 13.1. The van der Waals surface area contributed by atoms with Crippen LogP contribution in [0.1, 0.15) is 18.1 Å². The molecule has 1 aliphatic heterocycles. The van der Waals surface area contributed by atoms with Crippen LogP contribution >= 0.6 is 0 Å². The van der Waals surface area contributed by atoms with Gasteiger partial charge >= 0.3 is 6.03 Å². The first-order chi connectivity index (χ1) is 11.3. The van der Waals surface area contributed by atoms with Gasteiger partial charge in [0, 0.05) is 0 Å². The lowest BCUT2D eigenvalue weighted by atomic mass is 9.92. The molecule has 1 aliphatic rings. The van der Waals surface area contributed by atoms with E-state index in [1.165, 1.54) is 25.1 Å². The normalized spacial score (nSPS) is 21.0. The Bertz CT molecular complexity index is 907. The Balaban J connectivity index is 2.18. The van der Waals surface area contributed by atoms with Gasteiger partial charge in [0.05, 0.1) is 4.90 Å². The molecule has 1 heterocycles. The van der Waals surface area contributed by atoms with Gasteiger partial charge < -0.3 is 0 Å². The van der Waals surface area contributed by atoms with Crippen molar-refractivity contribution in [1.82, 2.24) is 9.62 Å². The Labute approximate surface area is 140 Å². The number of hydrogen-bond donors (Lipinski definition) is 1. The molecule has 0 saturated carbocycles. The summed E-state index contributed by atoms with van der Waals surface area (Å²) in [5, 5.41) is 2.10. The minimum atomic E-state index is -4.21. The maximum absolute atomic E-state index is 13.0. The predicted molar refractivity (Wildman–Crippen MR) is 86.4 cm³/mol. The number of rotatable bonds is 3. The molecule has 1 unspecified atom stereocenters. The minimum absolute atomic E-state index is 0.0518. The highest BCUT2D eigenvalue weighted by atomic mass is 32.2. The average molecular weight is 343 g/mol. The number of amides is 3. The lowest BCUT2D eigenvalue weighted by molar-refractivity contribution is -0.125. The first-order valence-electron chi connectivity index (χ1n) is 7.22. The molecule has 0 aromatic heterocycles. The number of nitrogens with zero attached hydrogens (tertiary/aromatic N) is 1. The number of carbonyl (C=O) groups is 2. The van der Waals surface area contributed by atoms with E-state index in [9.17, 15) is 18.0 Å². The van der Waals surface area contributed by atoms with Crippen molar-refractivity contribution < 1.29 is 18.0 Å². The summed E-state index contributed by atoms with van der Waals surface area (Å²) in [6.45, 7) is 3.23. The monoisotopic (exact) mass is 343 g/mol. The Morgan fingerprint density at radius 2 is 1.79 bits per heavy atom. The number of urea groups is 1. The molecule has 0 bridgehead atoms. The van der Waals surface area contributed by atoms with Gasteiger partial charge in [-0.25, -0.2) is 13.2 Å². The highest BCUT2D eigenvalue weighted by Crippen LogP contribution is 2.37. The zero-order valence-corrected chi connectivity index (χ0v) is 13.9. The molecule has 1 N–H and O–H groups in total. The summed E-state index contributed by atoms with van der Waals surface area (Å²) in [5.41, 5.74) is -0.418. The summed E-state index contributed by atoms with van der Waals surface area (Å²) >= 11 is 0. The van der Waals surface area contributed by atoms with Gasteiger partial charge in [-0.15, -0.1) is 0 Å². The summed E-state index contributed by atoms with van der Waals surface area (Å²) in [6, 6.07) is 14.3. The van der Waals surface area contributed by atoms with Crippen LogP contribution < -0.4 is 5.32 Å². The van der Waals surface area contributed by atoms with Crippen molar-refractivity contribution in [3.8, 4) is 0 Å². The summed E-state index contributed by atoms with van der Waals surface area (Å²) in [7, 11) is -4.21. The van der Waals surface area contributed by atoms with E-state index in [4.69, 9.17) is 0 Å². The zero-order chi connectivity index (χ0) is 17.5. The van der Waals surface area contributed by atoms with Crippen LogP contribution in [0, 0.1) is 13.0 Å². The van der Waals surface area contributed by atoms with Crippen molar-refractivity contribution in [2.24, 2.45) is 0 Å². The maximum atomic E-state index is 13.0. The van der Waals surface area contributed by atoms with Crippen LogP contribution in [0.5, 0.6) is 0 Å². The third kappa shape index (κ3) is 2.28. The molecule has 1 atom stereocenters. The molecule has 24 heavy (non-hydrogen) atoms. The van der Waals surface area contributed by atoms with Crippen LogP contribution in [-0.2, 0) is 20.4 Å². The third-order valence-electron chi connectivity index (χ3n) is 4.08. The molecule has 1 fully saturated rings. The summed E-state index contributed by atoms with van der Waals surface area (Å²) < 4.78 is 26.6. The molecular weight excluding hydrogens is 328 g/mol. The Morgan fingerprint density at radius 3 is 2.38 bits per heavy atom. The van der Waals surface area contributed by atoms with E-state index in [2.05, 4.69) is 11.4 Å². The molecule has 3 amide bonds. The van der Waals surface area contributed by atoms with Crippen LogP contribution in [0.15, 0.2) is 53.4 Å². The average Bonchev–Trinajstić information content (AvgIpc) is 2.79. The van der Waals surface area contributed by atoms with Crippen molar-refractivity contribution >= 4 is 22.0 Å². The van der Waals surface area contributed by atoms with Crippen LogP contribution in [-0.4, -0.2) is 24.7 Å². The lowest BCUT2D eigenvalue weighted by Gasteiger charge is -2.31.